The van der Waals surface area contributed by atoms with Crippen molar-refractivity contribution < 1.29 is 13.2 Å². The number of aromatic nitrogens is 2. The highest BCUT2D eigenvalue weighted by Gasteiger charge is 2.29. The van der Waals surface area contributed by atoms with Crippen LogP contribution in [0.15, 0.2) is 6.20 Å². The molecule has 0 aromatic carbocycles. The molecule has 0 bridgehead atoms. The first-order chi connectivity index (χ1) is 8.50. The van der Waals surface area contributed by atoms with Crippen LogP contribution in [-0.2, 0) is 14.6 Å². The number of nitrogens with zero attached hydrogens (tertiary/aromatic N) is 2. The van der Waals surface area contributed by atoms with Crippen molar-refractivity contribution in [1.82, 2.24) is 10.2 Å². The molecule has 1 aliphatic heterocycles. The van der Waals surface area contributed by atoms with Crippen LogP contribution in [0.4, 0.5) is 5.82 Å². The molecule has 0 aliphatic carbocycles. The van der Waals surface area contributed by atoms with E-state index >= 15 is 0 Å². The predicted octanol–water partition coefficient (Wildman–Crippen LogP) is 0.0447. The van der Waals surface area contributed by atoms with Gasteiger partial charge in [0.25, 0.3) is 0 Å². The molecule has 2 N–H and O–H groups in total. The summed E-state index contributed by atoms with van der Waals surface area (Å²) in [6, 6.07) is 1.88. The molecule has 1 aromatic rings. The van der Waals surface area contributed by atoms with Crippen LogP contribution >= 0.6 is 0 Å². The molecular weight excluding hydrogens is 256 g/mol. The van der Waals surface area contributed by atoms with Gasteiger partial charge < -0.3 is 5.32 Å². The number of hydrogen-bond donors (Lipinski definition) is 2. The van der Waals surface area contributed by atoms with Crippen molar-refractivity contribution in [2.24, 2.45) is 5.92 Å². The molecular formula is C10H12N4O3S. The van der Waals surface area contributed by atoms with E-state index in [-0.39, 0.29) is 41.1 Å². The van der Waals surface area contributed by atoms with Gasteiger partial charge in [-0.2, -0.15) is 10.4 Å². The predicted molar refractivity (Wildman–Crippen MR) is 63.3 cm³/mol. The molecule has 1 saturated heterocycles. The quantitative estimate of drug-likeness (QED) is 0.803. The van der Waals surface area contributed by atoms with Gasteiger partial charge in [0.15, 0.2) is 9.84 Å². The fourth-order valence-electron chi connectivity index (χ4n) is 1.95. The number of nitrogens with one attached hydrogen (secondary N) is 2. The van der Waals surface area contributed by atoms with Crippen molar-refractivity contribution in [3.05, 3.63) is 11.8 Å². The summed E-state index contributed by atoms with van der Waals surface area (Å²) in [5.41, 5.74) is 0.252. The lowest BCUT2D eigenvalue weighted by Crippen LogP contribution is -2.18. The Hall–Kier alpha value is -1.88. The van der Waals surface area contributed by atoms with Crippen molar-refractivity contribution in [2.75, 3.05) is 16.8 Å². The Morgan fingerprint density at radius 1 is 1.67 bits per heavy atom. The number of amides is 1. The monoisotopic (exact) mass is 268 g/mol. The van der Waals surface area contributed by atoms with E-state index in [0.717, 1.165) is 0 Å². The molecule has 0 saturated carbocycles. The number of hydrogen-bond acceptors (Lipinski definition) is 5. The molecule has 1 atom stereocenters. The first-order valence-corrected chi connectivity index (χ1v) is 7.26. The lowest BCUT2D eigenvalue weighted by molar-refractivity contribution is -0.116. The van der Waals surface area contributed by atoms with E-state index in [4.69, 9.17) is 5.26 Å². The molecule has 1 aromatic heterocycles. The van der Waals surface area contributed by atoms with Crippen LogP contribution in [0.2, 0.25) is 0 Å². The van der Waals surface area contributed by atoms with Crippen LogP contribution in [0.5, 0.6) is 0 Å². The molecule has 18 heavy (non-hydrogen) atoms. The van der Waals surface area contributed by atoms with Crippen LogP contribution in [0.1, 0.15) is 18.4 Å². The first kappa shape index (κ1) is 12.6. The number of anilines is 1. The zero-order valence-electron chi connectivity index (χ0n) is 9.51. The molecule has 96 valence electrons. The molecule has 2 heterocycles. The van der Waals surface area contributed by atoms with Crippen LogP contribution in [0, 0.1) is 17.2 Å². The van der Waals surface area contributed by atoms with Gasteiger partial charge in [-0.25, -0.2) is 8.42 Å². The van der Waals surface area contributed by atoms with E-state index in [9.17, 15) is 13.2 Å². The molecule has 7 nitrogen and oxygen atoms in total. The second-order valence-corrected chi connectivity index (χ2v) is 6.52. The highest BCUT2D eigenvalue weighted by atomic mass is 32.2. The van der Waals surface area contributed by atoms with Crippen molar-refractivity contribution in [1.29, 1.82) is 5.26 Å². The smallest absolute Gasteiger partial charge is 0.225 e. The van der Waals surface area contributed by atoms with Gasteiger partial charge in [0.1, 0.15) is 17.5 Å². The second-order valence-electron chi connectivity index (χ2n) is 4.29. The van der Waals surface area contributed by atoms with Gasteiger partial charge in [0.2, 0.25) is 5.91 Å². The summed E-state index contributed by atoms with van der Waals surface area (Å²) in [6.07, 6.45) is 1.97. The lowest BCUT2D eigenvalue weighted by atomic mass is 10.1. The maximum atomic E-state index is 11.7. The van der Waals surface area contributed by atoms with E-state index in [0.29, 0.717) is 6.42 Å². The second kappa shape index (κ2) is 4.78. The number of aromatic amines is 1. The van der Waals surface area contributed by atoms with Gasteiger partial charge >= 0.3 is 0 Å². The Morgan fingerprint density at radius 3 is 3.06 bits per heavy atom. The molecule has 0 radical (unpaired) electrons. The topological polar surface area (TPSA) is 116 Å². The summed E-state index contributed by atoms with van der Waals surface area (Å²) in [6.45, 7) is 0. The molecule has 0 spiro atoms. The maximum Gasteiger partial charge on any atom is 0.225 e. The van der Waals surface area contributed by atoms with E-state index < -0.39 is 9.84 Å². The van der Waals surface area contributed by atoms with E-state index in [1.165, 1.54) is 6.20 Å². The molecule has 8 heteroatoms. The Morgan fingerprint density at radius 2 is 2.44 bits per heavy atom. The number of nitriles is 1. The molecule has 1 aliphatic rings. The minimum Gasteiger partial charge on any atom is -0.310 e. The number of H-pyrrole nitrogens is 1. The third kappa shape index (κ3) is 2.87. The van der Waals surface area contributed by atoms with E-state index in [1.54, 1.807) is 0 Å². The standard InChI is InChI=1S/C10H12N4O3S/c11-4-8-5-12-14-10(8)13-9(15)3-7-1-2-18(16,17)6-7/h5,7H,1-3,6H2,(H2,12,13,14,15). The molecule has 1 fully saturated rings. The Balaban J connectivity index is 1.92. The SMILES string of the molecule is N#Cc1cn[nH]c1NC(=O)CC1CCS(=O)(=O)C1. The zero-order chi connectivity index (χ0) is 13.2. The Labute approximate surface area is 104 Å². The largest absolute Gasteiger partial charge is 0.310 e. The van der Waals surface area contributed by atoms with Gasteiger partial charge in [0, 0.05) is 6.42 Å². The minimum absolute atomic E-state index is 0.0640. The highest BCUT2D eigenvalue weighted by molar-refractivity contribution is 7.91. The van der Waals surface area contributed by atoms with Gasteiger partial charge in [-0.05, 0) is 12.3 Å². The summed E-state index contributed by atoms with van der Waals surface area (Å²) < 4.78 is 22.5. The van der Waals surface area contributed by atoms with Crippen LogP contribution < -0.4 is 5.32 Å². The van der Waals surface area contributed by atoms with Gasteiger partial charge in [-0.3, -0.25) is 9.89 Å². The maximum absolute atomic E-state index is 11.7. The lowest BCUT2D eigenvalue weighted by Gasteiger charge is -2.07. The van der Waals surface area contributed by atoms with Crippen LogP contribution in [0.25, 0.3) is 0 Å². The Kier molecular flexibility index (Phi) is 3.34. The Bertz CT molecular complexity index is 599. The van der Waals surface area contributed by atoms with Crippen LogP contribution in [0.3, 0.4) is 0 Å². The van der Waals surface area contributed by atoms with Crippen molar-refractivity contribution >= 4 is 21.6 Å². The number of carbonyl (C=O) groups is 1. The van der Waals surface area contributed by atoms with E-state index in [2.05, 4.69) is 15.5 Å². The molecule has 1 unspecified atom stereocenters. The van der Waals surface area contributed by atoms with Crippen molar-refractivity contribution in [3.8, 4) is 6.07 Å². The summed E-state index contributed by atoms with van der Waals surface area (Å²) in [5, 5.41) is 17.4. The van der Waals surface area contributed by atoms with Gasteiger partial charge in [0.05, 0.1) is 17.7 Å². The van der Waals surface area contributed by atoms with Crippen molar-refractivity contribution in [3.63, 3.8) is 0 Å². The third-order valence-electron chi connectivity index (χ3n) is 2.83. The first-order valence-electron chi connectivity index (χ1n) is 5.44. The molecule has 2 rings (SSSR count). The van der Waals surface area contributed by atoms with Gasteiger partial charge in [-0.15, -0.1) is 0 Å². The number of carbonyl (C=O) groups excluding carboxylic acids is 1. The average Bonchev–Trinajstić information content (AvgIpc) is 2.85. The van der Waals surface area contributed by atoms with Gasteiger partial charge in [-0.1, -0.05) is 0 Å². The average molecular weight is 268 g/mol. The normalized spacial score (nSPS) is 21.4. The number of sulfone groups is 1. The summed E-state index contributed by atoms with van der Waals surface area (Å²) in [5.74, 6) is 0.0251. The van der Waals surface area contributed by atoms with Crippen LogP contribution in [-0.4, -0.2) is 36.0 Å². The molecule has 1 amide bonds. The van der Waals surface area contributed by atoms with E-state index in [1.807, 2.05) is 6.07 Å². The zero-order valence-corrected chi connectivity index (χ0v) is 10.3. The number of rotatable bonds is 3. The highest BCUT2D eigenvalue weighted by Crippen LogP contribution is 2.22. The third-order valence-corrected chi connectivity index (χ3v) is 4.66. The fraction of sp³-hybridized carbons (Fsp3) is 0.500. The summed E-state index contributed by atoms with van der Waals surface area (Å²) >= 11 is 0. The van der Waals surface area contributed by atoms with Crippen molar-refractivity contribution in [2.45, 2.75) is 12.8 Å². The fourth-order valence-corrected chi connectivity index (χ4v) is 3.81. The summed E-state index contributed by atoms with van der Waals surface area (Å²) in [7, 11) is -2.97. The summed E-state index contributed by atoms with van der Waals surface area (Å²) in [4.78, 5) is 11.7. The minimum atomic E-state index is -2.97.